The molecule has 8 nitrogen and oxygen atoms in total. The number of nitrogens with two attached hydrogens (primary N) is 1. The lowest BCUT2D eigenvalue weighted by molar-refractivity contribution is 0.152. The summed E-state index contributed by atoms with van der Waals surface area (Å²) in [6.07, 6.45) is 7.23. The van der Waals surface area contributed by atoms with Gasteiger partial charge in [0.15, 0.2) is 0 Å². The first-order chi connectivity index (χ1) is 15.1. The Balaban J connectivity index is 1.62. The lowest BCUT2D eigenvalue weighted by Gasteiger charge is -2.31. The number of aliphatic hydroxyl groups is 1. The minimum Gasteiger partial charge on any atom is -0.374 e. The molecule has 1 fully saturated rings. The summed E-state index contributed by atoms with van der Waals surface area (Å²) >= 11 is 0. The first-order valence-corrected chi connectivity index (χ1v) is 10.9. The summed E-state index contributed by atoms with van der Waals surface area (Å²) in [4.78, 5) is 4.98. The van der Waals surface area contributed by atoms with Gasteiger partial charge in [0.1, 0.15) is 17.9 Å². The molecular formula is C23H29N7O. The predicted molar refractivity (Wildman–Crippen MR) is 122 cm³/mol. The van der Waals surface area contributed by atoms with E-state index >= 15 is 0 Å². The van der Waals surface area contributed by atoms with Gasteiger partial charge >= 0.3 is 0 Å². The summed E-state index contributed by atoms with van der Waals surface area (Å²) in [7, 11) is 0. The Labute approximate surface area is 181 Å². The fourth-order valence-corrected chi connectivity index (χ4v) is 4.70. The molecule has 0 bridgehead atoms. The van der Waals surface area contributed by atoms with Crippen molar-refractivity contribution in [3.05, 3.63) is 53.3 Å². The lowest BCUT2D eigenvalue weighted by Crippen LogP contribution is -2.42. The van der Waals surface area contributed by atoms with E-state index in [9.17, 15) is 5.11 Å². The molecule has 0 saturated heterocycles. The second-order valence-electron chi connectivity index (χ2n) is 8.54. The van der Waals surface area contributed by atoms with Gasteiger partial charge < -0.3 is 21.5 Å². The number of anilines is 3. The first-order valence-electron chi connectivity index (χ1n) is 10.9. The van der Waals surface area contributed by atoms with Crippen molar-refractivity contribution >= 4 is 17.3 Å². The van der Waals surface area contributed by atoms with Crippen LogP contribution in [-0.4, -0.2) is 32.4 Å². The normalized spacial score (nSPS) is 22.9. The number of nitrogens with zero attached hydrogens (tertiary/aromatic N) is 2. The monoisotopic (exact) mass is 419 g/mol. The third-order valence-corrected chi connectivity index (χ3v) is 6.30. The summed E-state index contributed by atoms with van der Waals surface area (Å²) in [6.45, 7) is 2.60. The van der Waals surface area contributed by atoms with E-state index in [4.69, 9.17) is 10.7 Å². The maximum atomic E-state index is 10.7. The average molecular weight is 420 g/mol. The molecule has 0 amide bonds. The van der Waals surface area contributed by atoms with E-state index in [-0.39, 0.29) is 12.1 Å². The molecule has 5 rings (SSSR count). The van der Waals surface area contributed by atoms with E-state index < -0.39 is 6.23 Å². The van der Waals surface area contributed by atoms with E-state index in [1.54, 1.807) is 6.20 Å². The molecule has 2 aliphatic rings. The zero-order valence-electron chi connectivity index (χ0n) is 17.7. The van der Waals surface area contributed by atoms with Crippen LogP contribution in [0.5, 0.6) is 0 Å². The molecule has 3 heterocycles. The molecule has 162 valence electrons. The van der Waals surface area contributed by atoms with Crippen molar-refractivity contribution in [1.29, 1.82) is 0 Å². The largest absolute Gasteiger partial charge is 0.374 e. The van der Waals surface area contributed by atoms with Crippen molar-refractivity contribution in [3.63, 3.8) is 0 Å². The second-order valence-corrected chi connectivity index (χ2v) is 8.54. The molecule has 3 aromatic rings. The van der Waals surface area contributed by atoms with Gasteiger partial charge in [-0.3, -0.25) is 10.4 Å². The van der Waals surface area contributed by atoms with Crippen LogP contribution in [0.25, 0.3) is 11.1 Å². The Morgan fingerprint density at radius 2 is 2.06 bits per heavy atom. The molecule has 7 N–H and O–H groups in total. The summed E-state index contributed by atoms with van der Waals surface area (Å²) in [5.41, 5.74) is 12.2. The molecule has 1 unspecified atom stereocenters. The highest BCUT2D eigenvalue weighted by Crippen LogP contribution is 2.42. The highest BCUT2D eigenvalue weighted by molar-refractivity contribution is 5.83. The fourth-order valence-electron chi connectivity index (χ4n) is 4.70. The zero-order chi connectivity index (χ0) is 21.4. The maximum absolute atomic E-state index is 10.7. The summed E-state index contributed by atoms with van der Waals surface area (Å²) in [6, 6.07) is 8.39. The molecule has 8 heteroatoms. The molecule has 0 radical (unpaired) electrons. The van der Waals surface area contributed by atoms with Crippen LogP contribution in [0.2, 0.25) is 0 Å². The molecule has 2 aromatic heterocycles. The van der Waals surface area contributed by atoms with Gasteiger partial charge in [-0.1, -0.05) is 25.0 Å². The van der Waals surface area contributed by atoms with Crippen LogP contribution in [0.3, 0.4) is 0 Å². The van der Waals surface area contributed by atoms with Crippen molar-refractivity contribution < 1.29 is 5.11 Å². The minimum absolute atomic E-state index is 0.0953. The molecule has 1 aliphatic heterocycles. The van der Waals surface area contributed by atoms with Gasteiger partial charge in [0, 0.05) is 47.2 Å². The van der Waals surface area contributed by atoms with E-state index in [0.29, 0.717) is 12.4 Å². The minimum atomic E-state index is -0.786. The number of fused-ring (bicyclic) bond motifs is 1. The van der Waals surface area contributed by atoms with Gasteiger partial charge in [0.05, 0.1) is 6.20 Å². The number of rotatable bonds is 5. The van der Waals surface area contributed by atoms with E-state index in [2.05, 4.69) is 45.2 Å². The number of aromatic nitrogens is 3. The number of nitrogens with one attached hydrogen (secondary N) is 4. The van der Waals surface area contributed by atoms with E-state index in [1.165, 1.54) is 6.42 Å². The number of H-pyrrole nitrogens is 1. The van der Waals surface area contributed by atoms with Gasteiger partial charge in [-0.05, 0) is 43.0 Å². The Morgan fingerprint density at radius 3 is 2.84 bits per heavy atom. The summed E-state index contributed by atoms with van der Waals surface area (Å²) in [5, 5.41) is 28.0. The number of aromatic amines is 1. The predicted octanol–water partition coefficient (Wildman–Crippen LogP) is 3.30. The van der Waals surface area contributed by atoms with Crippen molar-refractivity contribution in [2.45, 2.75) is 57.5 Å². The highest BCUT2D eigenvalue weighted by Gasteiger charge is 2.32. The van der Waals surface area contributed by atoms with Crippen LogP contribution in [0.4, 0.5) is 17.3 Å². The van der Waals surface area contributed by atoms with Gasteiger partial charge in [-0.25, -0.2) is 4.98 Å². The SMILES string of the molecule is Cc1cccc(Nc2nc(N[C@@H]3CCCC[C@@H]3N)c(-c3cn[nH]c3)c3c2C(O)NC3)c1. The van der Waals surface area contributed by atoms with Gasteiger partial charge in [-0.15, -0.1) is 0 Å². The molecule has 1 aliphatic carbocycles. The fraction of sp³-hybridized carbons (Fsp3) is 0.391. The topological polar surface area (TPSA) is 124 Å². The second kappa shape index (κ2) is 8.30. The van der Waals surface area contributed by atoms with Gasteiger partial charge in [-0.2, -0.15) is 5.10 Å². The van der Waals surface area contributed by atoms with Crippen LogP contribution < -0.4 is 21.7 Å². The van der Waals surface area contributed by atoms with E-state index in [1.807, 2.05) is 18.3 Å². The zero-order valence-corrected chi connectivity index (χ0v) is 17.7. The standard InChI is InChI=1S/C23H29N7O/c1-13-5-4-6-15(9-13)28-22-20-16(12-25-23(20)31)19(14-10-26-27-11-14)21(30-22)29-18-8-3-2-7-17(18)24/h4-6,9-11,17-18,23,25,31H,2-3,7-8,12,24H2,1H3,(H,26,27)(H2,28,29,30)/t17-,18+,23?/m0/s1. The Kier molecular flexibility index (Phi) is 5.35. The molecule has 1 saturated carbocycles. The number of hydrogen-bond donors (Lipinski definition) is 6. The average Bonchev–Trinajstić information content (AvgIpc) is 3.40. The van der Waals surface area contributed by atoms with Crippen molar-refractivity contribution in [2.75, 3.05) is 10.6 Å². The van der Waals surface area contributed by atoms with Crippen LogP contribution in [-0.2, 0) is 6.54 Å². The maximum Gasteiger partial charge on any atom is 0.140 e. The number of pyridine rings is 1. The van der Waals surface area contributed by atoms with Crippen LogP contribution in [0.15, 0.2) is 36.7 Å². The summed E-state index contributed by atoms with van der Waals surface area (Å²) < 4.78 is 0. The lowest BCUT2D eigenvalue weighted by atomic mass is 9.90. The molecule has 31 heavy (non-hydrogen) atoms. The van der Waals surface area contributed by atoms with Gasteiger partial charge in [0.2, 0.25) is 0 Å². The Morgan fingerprint density at radius 1 is 1.19 bits per heavy atom. The Hall–Kier alpha value is -2.94. The molecule has 3 atom stereocenters. The number of benzene rings is 1. The van der Waals surface area contributed by atoms with Crippen molar-refractivity contribution in [2.24, 2.45) is 5.73 Å². The third-order valence-electron chi connectivity index (χ3n) is 6.30. The Bertz CT molecular complexity index is 1070. The number of aliphatic hydroxyl groups excluding tert-OH is 1. The van der Waals surface area contributed by atoms with E-state index in [0.717, 1.165) is 58.6 Å². The smallest absolute Gasteiger partial charge is 0.140 e. The van der Waals surface area contributed by atoms with Crippen molar-refractivity contribution in [1.82, 2.24) is 20.5 Å². The van der Waals surface area contributed by atoms with Crippen LogP contribution >= 0.6 is 0 Å². The van der Waals surface area contributed by atoms with Gasteiger partial charge in [0.25, 0.3) is 0 Å². The van der Waals surface area contributed by atoms with Crippen molar-refractivity contribution in [3.8, 4) is 11.1 Å². The quantitative estimate of drug-likeness (QED) is 0.375. The molecule has 1 aromatic carbocycles. The van der Waals surface area contributed by atoms with Crippen LogP contribution in [0, 0.1) is 6.92 Å². The third kappa shape index (κ3) is 3.89. The number of hydrogen-bond acceptors (Lipinski definition) is 7. The number of aryl methyl sites for hydroxylation is 1. The molecular weight excluding hydrogens is 390 g/mol. The van der Waals surface area contributed by atoms with Crippen LogP contribution in [0.1, 0.15) is 48.6 Å². The first kappa shape index (κ1) is 20.0. The summed E-state index contributed by atoms with van der Waals surface area (Å²) in [5.74, 6) is 1.42. The highest BCUT2D eigenvalue weighted by atomic mass is 16.3. The molecule has 0 spiro atoms.